The monoisotopic (exact) mass is 357 g/mol. The van der Waals surface area contributed by atoms with E-state index in [4.69, 9.17) is 9.47 Å². The first-order valence-electron chi connectivity index (χ1n) is 6.12. The smallest absolute Gasteiger partial charge is 0.240 e. The summed E-state index contributed by atoms with van der Waals surface area (Å²) in [6.07, 6.45) is 1.60. The fourth-order valence-electron chi connectivity index (χ4n) is 1.84. The highest BCUT2D eigenvalue weighted by Crippen LogP contribution is 2.35. The third-order valence-corrected chi connectivity index (χ3v) is 4.67. The molecule has 1 N–H and O–H groups in total. The van der Waals surface area contributed by atoms with Crippen LogP contribution in [0, 0.1) is 0 Å². The second kappa shape index (κ2) is 7.01. The fourth-order valence-corrected chi connectivity index (χ4v) is 3.52. The standard InChI is InChI=1S/C13H16BrN3O2S/c1-4-15-10(12-8(14)5-6-20-12)11-13(19-3)17-9(18-2)7-16-11/h5-7,10,15H,4H2,1-3H3. The number of nitrogens with zero attached hydrogens (tertiary/aromatic N) is 2. The maximum absolute atomic E-state index is 5.35. The molecule has 0 bridgehead atoms. The predicted octanol–water partition coefficient (Wildman–Crippen LogP) is 3.02. The maximum Gasteiger partial charge on any atom is 0.240 e. The Morgan fingerprint density at radius 2 is 2.20 bits per heavy atom. The first kappa shape index (κ1) is 15.2. The van der Waals surface area contributed by atoms with Crippen LogP contribution in [0.1, 0.15) is 23.5 Å². The van der Waals surface area contributed by atoms with Crippen molar-refractivity contribution in [1.82, 2.24) is 15.3 Å². The zero-order valence-corrected chi connectivity index (χ0v) is 13.9. The van der Waals surface area contributed by atoms with Crippen LogP contribution >= 0.6 is 27.3 Å². The van der Waals surface area contributed by atoms with Crippen molar-refractivity contribution >= 4 is 27.3 Å². The summed E-state index contributed by atoms with van der Waals surface area (Å²) in [7, 11) is 3.14. The number of thiophene rings is 1. The van der Waals surface area contributed by atoms with Crippen molar-refractivity contribution in [1.29, 1.82) is 0 Å². The van der Waals surface area contributed by atoms with Crippen molar-refractivity contribution in [2.45, 2.75) is 13.0 Å². The molecule has 0 fully saturated rings. The summed E-state index contributed by atoms with van der Waals surface area (Å²) >= 11 is 5.22. The molecule has 0 saturated heterocycles. The average molecular weight is 358 g/mol. The van der Waals surface area contributed by atoms with Gasteiger partial charge < -0.3 is 14.8 Å². The molecule has 0 saturated carbocycles. The van der Waals surface area contributed by atoms with E-state index >= 15 is 0 Å². The van der Waals surface area contributed by atoms with Crippen LogP contribution in [0.5, 0.6) is 11.8 Å². The lowest BCUT2D eigenvalue weighted by atomic mass is 10.1. The fraction of sp³-hybridized carbons (Fsp3) is 0.385. The van der Waals surface area contributed by atoms with Crippen LogP contribution in [-0.4, -0.2) is 30.7 Å². The minimum Gasteiger partial charge on any atom is -0.480 e. The molecule has 5 nitrogen and oxygen atoms in total. The Hall–Kier alpha value is -1.18. The van der Waals surface area contributed by atoms with E-state index in [9.17, 15) is 0 Å². The summed E-state index contributed by atoms with van der Waals surface area (Å²) in [5.41, 5.74) is 0.748. The second-order valence-corrected chi connectivity index (χ2v) is 5.73. The van der Waals surface area contributed by atoms with Gasteiger partial charge in [0.15, 0.2) is 0 Å². The van der Waals surface area contributed by atoms with Crippen molar-refractivity contribution in [3.05, 3.63) is 32.7 Å². The number of ether oxygens (including phenoxy) is 2. The van der Waals surface area contributed by atoms with Gasteiger partial charge in [0, 0.05) is 9.35 Å². The molecule has 0 radical (unpaired) electrons. The van der Waals surface area contributed by atoms with Crippen LogP contribution in [0.15, 0.2) is 22.1 Å². The zero-order valence-electron chi connectivity index (χ0n) is 11.5. The summed E-state index contributed by atoms with van der Waals surface area (Å²) < 4.78 is 11.5. The molecule has 2 heterocycles. The molecular formula is C13H16BrN3O2S. The first-order chi connectivity index (χ1) is 9.71. The van der Waals surface area contributed by atoms with Crippen molar-refractivity contribution in [3.63, 3.8) is 0 Å². The summed E-state index contributed by atoms with van der Waals surface area (Å²) in [5.74, 6) is 0.904. The number of aromatic nitrogens is 2. The molecule has 2 rings (SSSR count). The largest absolute Gasteiger partial charge is 0.480 e. The Balaban J connectivity index is 2.46. The molecule has 0 aliphatic rings. The van der Waals surface area contributed by atoms with Gasteiger partial charge in [-0.15, -0.1) is 11.3 Å². The second-order valence-electron chi connectivity index (χ2n) is 3.93. The highest BCUT2D eigenvalue weighted by Gasteiger charge is 2.23. The van der Waals surface area contributed by atoms with E-state index in [1.807, 2.05) is 11.4 Å². The lowest BCUT2D eigenvalue weighted by Crippen LogP contribution is -2.23. The van der Waals surface area contributed by atoms with Gasteiger partial charge in [-0.25, -0.2) is 4.98 Å². The zero-order chi connectivity index (χ0) is 14.5. The lowest BCUT2D eigenvalue weighted by molar-refractivity contribution is 0.353. The van der Waals surface area contributed by atoms with Crippen molar-refractivity contribution < 1.29 is 9.47 Å². The van der Waals surface area contributed by atoms with Gasteiger partial charge in [-0.2, -0.15) is 4.98 Å². The van der Waals surface area contributed by atoms with Crippen LogP contribution in [0.4, 0.5) is 0 Å². The summed E-state index contributed by atoms with van der Waals surface area (Å²) in [6.45, 7) is 2.86. The maximum atomic E-state index is 5.35. The molecular weight excluding hydrogens is 342 g/mol. The van der Waals surface area contributed by atoms with Gasteiger partial charge in [0.1, 0.15) is 5.69 Å². The number of rotatable bonds is 6. The van der Waals surface area contributed by atoms with Crippen molar-refractivity contribution in [2.24, 2.45) is 0 Å². The Morgan fingerprint density at radius 1 is 1.40 bits per heavy atom. The topological polar surface area (TPSA) is 56.3 Å². The number of nitrogens with one attached hydrogen (secondary N) is 1. The molecule has 1 atom stereocenters. The molecule has 0 spiro atoms. The molecule has 1 unspecified atom stereocenters. The number of hydrogen-bond donors (Lipinski definition) is 1. The minimum atomic E-state index is -0.0669. The molecule has 0 aliphatic heterocycles. The van der Waals surface area contributed by atoms with Gasteiger partial charge >= 0.3 is 0 Å². The number of methoxy groups -OCH3 is 2. The average Bonchev–Trinajstić information content (AvgIpc) is 2.90. The quantitative estimate of drug-likeness (QED) is 0.860. The minimum absolute atomic E-state index is 0.0669. The van der Waals surface area contributed by atoms with Gasteiger partial charge in [0.2, 0.25) is 11.8 Å². The van der Waals surface area contributed by atoms with Crippen LogP contribution in [0.3, 0.4) is 0 Å². The molecule has 0 aromatic carbocycles. The molecule has 108 valence electrons. The van der Waals surface area contributed by atoms with Crippen LogP contribution in [-0.2, 0) is 0 Å². The highest BCUT2D eigenvalue weighted by atomic mass is 79.9. The van der Waals surface area contributed by atoms with E-state index in [0.717, 1.165) is 21.6 Å². The van der Waals surface area contributed by atoms with E-state index in [2.05, 4.69) is 38.1 Å². The third kappa shape index (κ3) is 3.11. The van der Waals surface area contributed by atoms with Gasteiger partial charge in [0.05, 0.1) is 26.5 Å². The van der Waals surface area contributed by atoms with E-state index in [1.54, 1.807) is 31.8 Å². The Labute approximate surface area is 130 Å². The summed E-state index contributed by atoms with van der Waals surface area (Å²) in [4.78, 5) is 9.89. The van der Waals surface area contributed by atoms with Gasteiger partial charge in [0.25, 0.3) is 0 Å². The van der Waals surface area contributed by atoms with E-state index < -0.39 is 0 Å². The van der Waals surface area contributed by atoms with E-state index in [-0.39, 0.29) is 6.04 Å². The van der Waals surface area contributed by atoms with Crippen LogP contribution in [0.25, 0.3) is 0 Å². The van der Waals surface area contributed by atoms with Gasteiger partial charge in [-0.05, 0) is 33.9 Å². The third-order valence-electron chi connectivity index (χ3n) is 2.74. The summed E-state index contributed by atoms with van der Waals surface area (Å²) in [6, 6.07) is 1.95. The molecule has 20 heavy (non-hydrogen) atoms. The Kier molecular flexibility index (Phi) is 5.33. The van der Waals surface area contributed by atoms with Gasteiger partial charge in [-0.3, -0.25) is 0 Å². The van der Waals surface area contributed by atoms with Crippen molar-refractivity contribution in [2.75, 3.05) is 20.8 Å². The van der Waals surface area contributed by atoms with E-state index in [0.29, 0.717) is 11.8 Å². The van der Waals surface area contributed by atoms with Crippen LogP contribution < -0.4 is 14.8 Å². The Morgan fingerprint density at radius 3 is 2.75 bits per heavy atom. The Bertz CT molecular complexity index is 576. The molecule has 7 heteroatoms. The SMILES string of the molecule is CCNC(c1ncc(OC)nc1OC)c1sccc1Br. The molecule has 0 amide bonds. The molecule has 0 aliphatic carbocycles. The molecule has 2 aromatic heterocycles. The van der Waals surface area contributed by atoms with Crippen molar-refractivity contribution in [3.8, 4) is 11.8 Å². The van der Waals surface area contributed by atoms with Gasteiger partial charge in [-0.1, -0.05) is 6.92 Å². The number of hydrogen-bond acceptors (Lipinski definition) is 6. The summed E-state index contributed by atoms with van der Waals surface area (Å²) in [5, 5.41) is 5.45. The predicted molar refractivity (Wildman–Crippen MR) is 82.7 cm³/mol. The number of halogens is 1. The van der Waals surface area contributed by atoms with Crippen LogP contribution in [0.2, 0.25) is 0 Å². The lowest BCUT2D eigenvalue weighted by Gasteiger charge is -2.18. The first-order valence-corrected chi connectivity index (χ1v) is 7.79. The highest BCUT2D eigenvalue weighted by molar-refractivity contribution is 9.10. The normalized spacial score (nSPS) is 12.2. The molecule has 2 aromatic rings. The van der Waals surface area contributed by atoms with E-state index in [1.165, 1.54) is 0 Å².